The summed E-state index contributed by atoms with van der Waals surface area (Å²) in [7, 11) is 0. The van der Waals surface area contributed by atoms with Crippen LogP contribution in [0.4, 0.5) is 0 Å². The van der Waals surface area contributed by atoms with E-state index in [1.165, 1.54) is 6.20 Å². The molecule has 0 unspecified atom stereocenters. The first-order chi connectivity index (χ1) is 6.74. The van der Waals surface area contributed by atoms with Gasteiger partial charge in [-0.2, -0.15) is 0 Å². The lowest BCUT2D eigenvalue weighted by atomic mass is 10.2. The number of nitrogens with one attached hydrogen (secondary N) is 1. The molecule has 14 heavy (non-hydrogen) atoms. The average Bonchev–Trinajstić information content (AvgIpc) is 2.66. The van der Waals surface area contributed by atoms with E-state index >= 15 is 0 Å². The number of aromatic amines is 1. The number of H-pyrrole nitrogens is 1. The van der Waals surface area contributed by atoms with Crippen LogP contribution in [-0.4, -0.2) is 27.7 Å². The molecule has 2 N–H and O–H groups in total. The lowest BCUT2D eigenvalue weighted by molar-refractivity contribution is -0.130. The van der Waals surface area contributed by atoms with Crippen LogP contribution >= 0.6 is 0 Å². The molecule has 1 aromatic rings. The zero-order chi connectivity index (χ0) is 10.4. The van der Waals surface area contributed by atoms with Crippen molar-refractivity contribution in [2.75, 3.05) is 6.61 Å². The van der Waals surface area contributed by atoms with Crippen molar-refractivity contribution in [1.82, 2.24) is 9.97 Å². The van der Waals surface area contributed by atoms with Crippen LogP contribution in [0.2, 0.25) is 0 Å². The molecule has 0 radical (unpaired) electrons. The van der Waals surface area contributed by atoms with Gasteiger partial charge in [-0.05, 0) is 13.3 Å². The quantitative estimate of drug-likeness (QED) is 0.547. The lowest BCUT2D eigenvalue weighted by Gasteiger charge is -1.99. The summed E-state index contributed by atoms with van der Waals surface area (Å²) in [6, 6.07) is 0.173. The molecular formula is C9H12N2O3. The minimum atomic E-state index is -0.464. The molecule has 5 heteroatoms. The van der Waals surface area contributed by atoms with Crippen molar-refractivity contribution < 1.29 is 14.6 Å². The van der Waals surface area contributed by atoms with Gasteiger partial charge in [0, 0.05) is 24.6 Å². The van der Waals surface area contributed by atoms with Crippen molar-refractivity contribution in [2.45, 2.75) is 13.3 Å². The Balaban J connectivity index is 2.50. The van der Waals surface area contributed by atoms with E-state index in [1.807, 2.05) is 0 Å². The maximum atomic E-state index is 11.3. The first-order valence-electron chi connectivity index (χ1n) is 4.23. The van der Waals surface area contributed by atoms with E-state index < -0.39 is 5.97 Å². The normalized spacial score (nSPS) is 11.4. The third-order valence-electron chi connectivity index (χ3n) is 1.56. The summed E-state index contributed by atoms with van der Waals surface area (Å²) in [5, 5.41) is 8.54. The van der Waals surface area contributed by atoms with Crippen LogP contribution in [0.15, 0.2) is 24.0 Å². The molecule has 0 aliphatic heterocycles. The van der Waals surface area contributed by atoms with Gasteiger partial charge in [0.1, 0.15) is 0 Å². The molecule has 0 aliphatic rings. The standard InChI is InChI=1S/C9H12N2O3/c1-7(3-2-6-12)8(13)14-9-10-4-5-11-9/h3-5,12H,2,6H2,1H3,(H,10,11). The number of aliphatic hydroxyl groups is 1. The van der Waals surface area contributed by atoms with E-state index in [2.05, 4.69) is 9.97 Å². The molecule has 0 saturated heterocycles. The SMILES string of the molecule is CC(=CCCO)C(=O)Oc1ncc[nH]1. The fraction of sp³-hybridized carbons (Fsp3) is 0.333. The number of hydrogen-bond acceptors (Lipinski definition) is 4. The van der Waals surface area contributed by atoms with E-state index in [4.69, 9.17) is 9.84 Å². The van der Waals surface area contributed by atoms with Crippen molar-refractivity contribution in [3.8, 4) is 6.01 Å². The summed E-state index contributed by atoms with van der Waals surface area (Å²) in [6.07, 6.45) is 5.12. The van der Waals surface area contributed by atoms with Crippen LogP contribution in [-0.2, 0) is 4.79 Å². The number of carbonyl (C=O) groups excluding carboxylic acids is 1. The molecule has 1 aromatic heterocycles. The van der Waals surface area contributed by atoms with Crippen LogP contribution in [0.1, 0.15) is 13.3 Å². The number of hydrogen-bond donors (Lipinski definition) is 2. The number of aromatic nitrogens is 2. The van der Waals surface area contributed by atoms with Crippen molar-refractivity contribution in [3.63, 3.8) is 0 Å². The highest BCUT2D eigenvalue weighted by atomic mass is 16.5. The molecule has 0 aliphatic carbocycles. The Labute approximate surface area is 81.4 Å². The van der Waals surface area contributed by atoms with Gasteiger partial charge < -0.3 is 14.8 Å². The maximum absolute atomic E-state index is 11.3. The zero-order valence-corrected chi connectivity index (χ0v) is 7.86. The third kappa shape index (κ3) is 3.02. The molecule has 0 aromatic carbocycles. The molecule has 0 amide bonds. The van der Waals surface area contributed by atoms with E-state index in [1.54, 1.807) is 19.2 Å². The van der Waals surface area contributed by atoms with Gasteiger partial charge in [-0.1, -0.05) is 6.08 Å². The van der Waals surface area contributed by atoms with Crippen molar-refractivity contribution in [2.24, 2.45) is 0 Å². The molecule has 76 valence electrons. The minimum Gasteiger partial charge on any atom is -0.396 e. The molecule has 0 saturated carbocycles. The highest BCUT2D eigenvalue weighted by Gasteiger charge is 2.07. The third-order valence-corrected chi connectivity index (χ3v) is 1.56. The predicted molar refractivity (Wildman–Crippen MR) is 49.7 cm³/mol. The van der Waals surface area contributed by atoms with Crippen molar-refractivity contribution in [1.29, 1.82) is 0 Å². The van der Waals surface area contributed by atoms with Gasteiger partial charge in [-0.3, -0.25) is 0 Å². The number of imidazole rings is 1. The monoisotopic (exact) mass is 196 g/mol. The van der Waals surface area contributed by atoms with Gasteiger partial charge in [0.15, 0.2) is 0 Å². The van der Waals surface area contributed by atoms with Crippen LogP contribution < -0.4 is 4.74 Å². The summed E-state index contributed by atoms with van der Waals surface area (Å²) in [4.78, 5) is 17.7. The second kappa shape index (κ2) is 5.18. The van der Waals surface area contributed by atoms with E-state index in [9.17, 15) is 4.79 Å². The topological polar surface area (TPSA) is 75.2 Å². The van der Waals surface area contributed by atoms with Crippen LogP contribution in [0.5, 0.6) is 6.01 Å². The Morgan fingerprint density at radius 1 is 1.79 bits per heavy atom. The maximum Gasteiger partial charge on any atom is 0.341 e. The van der Waals surface area contributed by atoms with Gasteiger partial charge in [-0.25, -0.2) is 9.78 Å². The average molecular weight is 196 g/mol. The Kier molecular flexibility index (Phi) is 3.87. The van der Waals surface area contributed by atoms with Crippen LogP contribution in [0.25, 0.3) is 0 Å². The van der Waals surface area contributed by atoms with Crippen molar-refractivity contribution in [3.05, 3.63) is 24.0 Å². The number of ether oxygens (including phenoxy) is 1. The molecule has 0 fully saturated rings. The van der Waals surface area contributed by atoms with Crippen LogP contribution in [0.3, 0.4) is 0 Å². The second-order valence-electron chi connectivity index (χ2n) is 2.68. The van der Waals surface area contributed by atoms with Gasteiger partial charge in [0.2, 0.25) is 0 Å². The lowest BCUT2D eigenvalue weighted by Crippen LogP contribution is -2.10. The summed E-state index contributed by atoms with van der Waals surface area (Å²) in [6.45, 7) is 1.65. The Bertz CT molecular complexity index is 317. The van der Waals surface area contributed by atoms with Crippen LogP contribution in [0, 0.1) is 0 Å². The van der Waals surface area contributed by atoms with Crippen molar-refractivity contribution >= 4 is 5.97 Å². The Hall–Kier alpha value is -1.62. The fourth-order valence-electron chi connectivity index (χ4n) is 0.839. The smallest absolute Gasteiger partial charge is 0.341 e. The van der Waals surface area contributed by atoms with Gasteiger partial charge in [0.05, 0.1) is 0 Å². The second-order valence-corrected chi connectivity index (χ2v) is 2.68. The first kappa shape index (κ1) is 10.5. The predicted octanol–water partition coefficient (Wildman–Crippen LogP) is 0.644. The molecular weight excluding hydrogens is 184 g/mol. The van der Waals surface area contributed by atoms with Gasteiger partial charge in [-0.15, -0.1) is 0 Å². The summed E-state index contributed by atoms with van der Waals surface area (Å²) in [5.41, 5.74) is 0.454. The Morgan fingerprint density at radius 3 is 3.14 bits per heavy atom. The molecule has 0 spiro atoms. The van der Waals surface area contributed by atoms with E-state index in [0.717, 1.165) is 0 Å². The zero-order valence-electron chi connectivity index (χ0n) is 7.86. The number of carbonyl (C=O) groups is 1. The summed E-state index contributed by atoms with van der Waals surface area (Å²) < 4.78 is 4.86. The van der Waals surface area contributed by atoms with E-state index in [-0.39, 0.29) is 12.6 Å². The molecule has 0 atom stereocenters. The molecule has 1 heterocycles. The number of aliphatic hydroxyl groups excluding tert-OH is 1. The number of esters is 1. The highest BCUT2D eigenvalue weighted by molar-refractivity contribution is 5.89. The molecule has 1 rings (SSSR count). The van der Waals surface area contributed by atoms with E-state index in [0.29, 0.717) is 12.0 Å². The molecule has 5 nitrogen and oxygen atoms in total. The first-order valence-corrected chi connectivity index (χ1v) is 4.23. The summed E-state index contributed by atoms with van der Waals surface area (Å²) >= 11 is 0. The highest BCUT2D eigenvalue weighted by Crippen LogP contribution is 2.04. The summed E-state index contributed by atoms with van der Waals surface area (Å²) in [5.74, 6) is -0.464. The molecule has 0 bridgehead atoms. The largest absolute Gasteiger partial charge is 0.396 e. The fourth-order valence-corrected chi connectivity index (χ4v) is 0.839. The number of nitrogens with zero attached hydrogens (tertiary/aromatic N) is 1. The minimum absolute atomic E-state index is 0.0192. The van der Waals surface area contributed by atoms with Gasteiger partial charge in [0.25, 0.3) is 0 Å². The Morgan fingerprint density at radius 2 is 2.57 bits per heavy atom. The van der Waals surface area contributed by atoms with Gasteiger partial charge >= 0.3 is 12.0 Å². The number of rotatable bonds is 4.